The lowest BCUT2D eigenvalue weighted by molar-refractivity contribution is 0.168. The summed E-state index contributed by atoms with van der Waals surface area (Å²) in [5, 5.41) is 9.92. The largest absolute Gasteiger partial charge is 0.481 e. The molecular formula is C14H13F2NO2. The van der Waals surface area contributed by atoms with Gasteiger partial charge in [0.15, 0.2) is 0 Å². The maximum Gasteiger partial charge on any atom is 0.212 e. The Balaban J connectivity index is 2.18. The Morgan fingerprint density at radius 2 is 1.89 bits per heavy atom. The van der Waals surface area contributed by atoms with E-state index in [2.05, 4.69) is 4.98 Å². The van der Waals surface area contributed by atoms with Gasteiger partial charge in [-0.1, -0.05) is 12.1 Å². The van der Waals surface area contributed by atoms with Gasteiger partial charge < -0.3 is 9.84 Å². The van der Waals surface area contributed by atoms with Crippen molar-refractivity contribution in [3.8, 4) is 5.88 Å². The molecule has 0 saturated heterocycles. The molecule has 0 radical (unpaired) electrons. The summed E-state index contributed by atoms with van der Waals surface area (Å²) >= 11 is 0. The summed E-state index contributed by atoms with van der Waals surface area (Å²) < 4.78 is 31.9. The number of aliphatic hydroxyl groups excluding tert-OH is 1. The first-order chi connectivity index (χ1) is 9.11. The fourth-order valence-electron chi connectivity index (χ4n) is 1.81. The zero-order chi connectivity index (χ0) is 13.8. The molecule has 1 atom stereocenters. The van der Waals surface area contributed by atoms with Crippen molar-refractivity contribution in [3.63, 3.8) is 0 Å². The number of ether oxygens (including phenoxy) is 1. The van der Waals surface area contributed by atoms with Gasteiger partial charge in [-0.3, -0.25) is 0 Å². The van der Waals surface area contributed by atoms with Crippen molar-refractivity contribution in [2.24, 2.45) is 0 Å². The molecule has 3 nitrogen and oxygen atoms in total. The van der Waals surface area contributed by atoms with E-state index in [1.807, 2.05) is 0 Å². The van der Waals surface area contributed by atoms with Crippen LogP contribution in [-0.4, -0.2) is 17.2 Å². The number of pyridine rings is 1. The molecule has 2 aromatic rings. The maximum absolute atomic E-state index is 13.5. The van der Waals surface area contributed by atoms with Gasteiger partial charge in [0, 0.05) is 18.7 Å². The van der Waals surface area contributed by atoms with Crippen molar-refractivity contribution < 1.29 is 18.6 Å². The van der Waals surface area contributed by atoms with Crippen LogP contribution in [0.5, 0.6) is 5.88 Å². The number of hydrogen-bond donors (Lipinski definition) is 1. The van der Waals surface area contributed by atoms with Crippen molar-refractivity contribution in [1.29, 1.82) is 0 Å². The maximum atomic E-state index is 13.5. The van der Waals surface area contributed by atoms with Crippen LogP contribution in [0.1, 0.15) is 17.2 Å². The van der Waals surface area contributed by atoms with E-state index >= 15 is 0 Å². The van der Waals surface area contributed by atoms with E-state index < -0.39 is 17.7 Å². The monoisotopic (exact) mass is 265 g/mol. The first-order valence-electron chi connectivity index (χ1n) is 5.72. The lowest BCUT2D eigenvalue weighted by Gasteiger charge is -2.13. The molecule has 1 unspecified atom stereocenters. The highest BCUT2D eigenvalue weighted by Gasteiger charge is 2.18. The van der Waals surface area contributed by atoms with Crippen LogP contribution in [0.25, 0.3) is 0 Å². The first-order valence-corrected chi connectivity index (χ1v) is 5.72. The van der Waals surface area contributed by atoms with Gasteiger partial charge >= 0.3 is 0 Å². The molecule has 2 rings (SSSR count). The molecule has 0 spiro atoms. The summed E-state index contributed by atoms with van der Waals surface area (Å²) in [6.45, 7) is 0. The van der Waals surface area contributed by atoms with E-state index in [0.29, 0.717) is 11.4 Å². The van der Waals surface area contributed by atoms with Crippen LogP contribution in [0.15, 0.2) is 36.5 Å². The van der Waals surface area contributed by atoms with E-state index in [4.69, 9.17) is 4.74 Å². The van der Waals surface area contributed by atoms with Gasteiger partial charge in [0.25, 0.3) is 0 Å². The predicted octanol–water partition coefficient (Wildman–Crippen LogP) is 2.64. The average Bonchev–Trinajstić information content (AvgIpc) is 2.39. The number of nitrogens with zero attached hydrogens (tertiary/aromatic N) is 1. The Kier molecular flexibility index (Phi) is 4.06. The summed E-state index contributed by atoms with van der Waals surface area (Å²) in [5.74, 6) is -1.07. The lowest BCUT2D eigenvalue weighted by atomic mass is 10.0. The number of rotatable bonds is 4. The summed E-state index contributed by atoms with van der Waals surface area (Å²) in [6, 6.07) is 6.81. The van der Waals surface area contributed by atoms with E-state index in [1.54, 1.807) is 12.1 Å². The van der Waals surface area contributed by atoms with Crippen molar-refractivity contribution in [2.75, 3.05) is 7.11 Å². The van der Waals surface area contributed by atoms with Crippen molar-refractivity contribution in [1.82, 2.24) is 4.98 Å². The Hall–Kier alpha value is -2.01. The van der Waals surface area contributed by atoms with Crippen LogP contribution in [0.4, 0.5) is 8.78 Å². The smallest absolute Gasteiger partial charge is 0.212 e. The number of halogens is 2. The first kappa shape index (κ1) is 13.4. The molecule has 0 fully saturated rings. The fraction of sp³-hybridized carbons (Fsp3) is 0.214. The minimum absolute atomic E-state index is 0.0782. The second kappa shape index (κ2) is 5.75. The molecule has 0 aliphatic heterocycles. The summed E-state index contributed by atoms with van der Waals surface area (Å²) in [4.78, 5) is 3.97. The molecule has 0 saturated carbocycles. The number of methoxy groups -OCH3 is 1. The minimum Gasteiger partial charge on any atom is -0.481 e. The standard InChI is InChI=1S/C14H13F2NO2/c1-19-13-6-5-9(8-17-13)7-12(18)14-10(15)3-2-4-11(14)16/h2-6,8,12,18H,7H2,1H3. The number of aliphatic hydroxyl groups is 1. The number of hydrogen-bond acceptors (Lipinski definition) is 3. The summed E-state index contributed by atoms with van der Waals surface area (Å²) in [7, 11) is 1.49. The Bertz CT molecular complexity index is 538. The predicted molar refractivity (Wildman–Crippen MR) is 65.8 cm³/mol. The molecule has 1 N–H and O–H groups in total. The molecular weight excluding hydrogens is 252 g/mol. The van der Waals surface area contributed by atoms with Crippen molar-refractivity contribution in [3.05, 3.63) is 59.3 Å². The molecule has 0 aliphatic rings. The van der Waals surface area contributed by atoms with Gasteiger partial charge in [-0.25, -0.2) is 13.8 Å². The number of aromatic nitrogens is 1. The molecule has 0 amide bonds. The second-order valence-electron chi connectivity index (χ2n) is 4.06. The summed E-state index contributed by atoms with van der Waals surface area (Å²) in [5.41, 5.74) is 0.342. The lowest BCUT2D eigenvalue weighted by Crippen LogP contribution is -2.07. The van der Waals surface area contributed by atoms with Crippen LogP contribution in [-0.2, 0) is 6.42 Å². The minimum atomic E-state index is -1.25. The zero-order valence-corrected chi connectivity index (χ0v) is 10.3. The molecule has 1 aromatic carbocycles. The molecule has 1 heterocycles. The van der Waals surface area contributed by atoms with E-state index in [-0.39, 0.29) is 12.0 Å². The van der Waals surface area contributed by atoms with Crippen molar-refractivity contribution in [2.45, 2.75) is 12.5 Å². The van der Waals surface area contributed by atoms with Crippen LogP contribution in [0.3, 0.4) is 0 Å². The third-order valence-electron chi connectivity index (χ3n) is 2.77. The topological polar surface area (TPSA) is 42.4 Å². The normalized spacial score (nSPS) is 12.2. The quantitative estimate of drug-likeness (QED) is 0.924. The highest BCUT2D eigenvalue weighted by Crippen LogP contribution is 2.24. The van der Waals surface area contributed by atoms with Gasteiger partial charge in [0.05, 0.1) is 18.8 Å². The van der Waals surface area contributed by atoms with E-state index in [1.165, 1.54) is 19.4 Å². The highest BCUT2D eigenvalue weighted by atomic mass is 19.1. The highest BCUT2D eigenvalue weighted by molar-refractivity contribution is 5.25. The SMILES string of the molecule is COc1ccc(CC(O)c2c(F)cccc2F)cn1. The van der Waals surface area contributed by atoms with Gasteiger partial charge in [-0.2, -0.15) is 0 Å². The fourth-order valence-corrected chi connectivity index (χ4v) is 1.81. The Morgan fingerprint density at radius 3 is 2.42 bits per heavy atom. The van der Waals surface area contributed by atoms with Gasteiger partial charge in [-0.05, 0) is 17.7 Å². The van der Waals surface area contributed by atoms with Crippen molar-refractivity contribution >= 4 is 0 Å². The van der Waals surface area contributed by atoms with E-state index in [9.17, 15) is 13.9 Å². The third kappa shape index (κ3) is 3.06. The molecule has 1 aromatic heterocycles. The number of benzene rings is 1. The van der Waals surface area contributed by atoms with Crippen LogP contribution < -0.4 is 4.74 Å². The molecule has 19 heavy (non-hydrogen) atoms. The molecule has 100 valence electrons. The summed E-state index contributed by atoms with van der Waals surface area (Å²) in [6.07, 6.45) is 0.326. The Morgan fingerprint density at radius 1 is 1.21 bits per heavy atom. The zero-order valence-electron chi connectivity index (χ0n) is 10.3. The average molecular weight is 265 g/mol. The Labute approximate surface area is 109 Å². The van der Waals surface area contributed by atoms with Crippen LogP contribution >= 0.6 is 0 Å². The van der Waals surface area contributed by atoms with Gasteiger partial charge in [0.2, 0.25) is 5.88 Å². The van der Waals surface area contributed by atoms with Gasteiger partial charge in [-0.15, -0.1) is 0 Å². The molecule has 0 aliphatic carbocycles. The third-order valence-corrected chi connectivity index (χ3v) is 2.77. The second-order valence-corrected chi connectivity index (χ2v) is 4.06. The van der Waals surface area contributed by atoms with Crippen LogP contribution in [0, 0.1) is 11.6 Å². The van der Waals surface area contributed by atoms with Crippen LogP contribution in [0.2, 0.25) is 0 Å². The molecule has 0 bridgehead atoms. The van der Waals surface area contributed by atoms with Gasteiger partial charge in [0.1, 0.15) is 11.6 Å². The van der Waals surface area contributed by atoms with E-state index in [0.717, 1.165) is 12.1 Å². The molecule has 5 heteroatoms.